The van der Waals surface area contributed by atoms with E-state index in [0.717, 1.165) is 39.1 Å². The van der Waals surface area contributed by atoms with Gasteiger partial charge in [-0.1, -0.05) is 13.8 Å². The van der Waals surface area contributed by atoms with Crippen molar-refractivity contribution < 1.29 is 4.74 Å². The molecule has 1 fully saturated rings. The molecule has 0 amide bonds. The van der Waals surface area contributed by atoms with Gasteiger partial charge in [-0.2, -0.15) is 5.10 Å². The predicted octanol–water partition coefficient (Wildman–Crippen LogP) is 2.41. The summed E-state index contributed by atoms with van der Waals surface area (Å²) in [6, 6.07) is 2.78. The summed E-state index contributed by atoms with van der Waals surface area (Å²) < 4.78 is 7.83. The Bertz CT molecular complexity index is 396. The van der Waals surface area contributed by atoms with E-state index in [1.807, 2.05) is 0 Å². The van der Waals surface area contributed by atoms with E-state index in [9.17, 15) is 0 Å². The Morgan fingerprint density at radius 3 is 2.90 bits per heavy atom. The molecule has 20 heavy (non-hydrogen) atoms. The lowest BCUT2D eigenvalue weighted by molar-refractivity contribution is 0.0393. The maximum Gasteiger partial charge on any atom is 0.0624 e. The van der Waals surface area contributed by atoms with Crippen LogP contribution in [0.3, 0.4) is 0 Å². The van der Waals surface area contributed by atoms with Gasteiger partial charge >= 0.3 is 0 Å². The first-order chi connectivity index (χ1) is 9.78. The summed E-state index contributed by atoms with van der Waals surface area (Å²) in [7, 11) is 0. The molecule has 2 atom stereocenters. The minimum absolute atomic E-state index is 0.506. The first-order valence-electron chi connectivity index (χ1n) is 8.15. The lowest BCUT2D eigenvalue weighted by Gasteiger charge is -2.31. The molecule has 0 aliphatic carbocycles. The Morgan fingerprint density at radius 1 is 1.45 bits per heavy atom. The van der Waals surface area contributed by atoms with Crippen LogP contribution in [-0.4, -0.2) is 35.6 Å². The second-order valence-corrected chi connectivity index (χ2v) is 5.64. The number of nitrogens with one attached hydrogen (secondary N) is 1. The minimum atomic E-state index is 0.506. The van der Waals surface area contributed by atoms with Crippen molar-refractivity contribution in [2.24, 2.45) is 5.92 Å². The lowest BCUT2D eigenvalue weighted by Crippen LogP contribution is -2.42. The Labute approximate surface area is 122 Å². The van der Waals surface area contributed by atoms with Crippen molar-refractivity contribution in [3.8, 4) is 0 Å². The number of hydrogen-bond donors (Lipinski definition) is 1. The van der Waals surface area contributed by atoms with E-state index in [1.165, 1.54) is 24.2 Å². The van der Waals surface area contributed by atoms with Gasteiger partial charge in [-0.15, -0.1) is 0 Å². The number of rotatable bonds is 7. The molecule has 0 saturated carbocycles. The van der Waals surface area contributed by atoms with Gasteiger partial charge in [-0.25, -0.2) is 0 Å². The van der Waals surface area contributed by atoms with Crippen LogP contribution in [0.25, 0.3) is 0 Å². The fourth-order valence-corrected chi connectivity index (χ4v) is 3.10. The van der Waals surface area contributed by atoms with Crippen LogP contribution in [0.4, 0.5) is 0 Å². The van der Waals surface area contributed by atoms with E-state index < -0.39 is 0 Å². The van der Waals surface area contributed by atoms with Crippen molar-refractivity contribution in [1.82, 2.24) is 15.1 Å². The quantitative estimate of drug-likeness (QED) is 0.833. The first kappa shape index (κ1) is 15.5. The van der Waals surface area contributed by atoms with Gasteiger partial charge in [-0.3, -0.25) is 4.68 Å². The molecular weight excluding hydrogens is 250 g/mol. The van der Waals surface area contributed by atoms with Gasteiger partial charge in [-0.05, 0) is 44.7 Å². The zero-order chi connectivity index (χ0) is 14.4. The molecule has 114 valence electrons. The van der Waals surface area contributed by atoms with Gasteiger partial charge in [0.2, 0.25) is 0 Å². The maximum absolute atomic E-state index is 5.67. The second-order valence-electron chi connectivity index (χ2n) is 5.64. The third-order valence-corrected chi connectivity index (χ3v) is 4.24. The SMILES string of the molecule is CCNC(Cc1cc(CC)nn1CC)C1CCCOC1. The maximum atomic E-state index is 5.67. The Kier molecular flexibility index (Phi) is 6.05. The fraction of sp³-hybridized carbons (Fsp3) is 0.812. The van der Waals surface area contributed by atoms with Crippen LogP contribution in [0, 0.1) is 5.92 Å². The smallest absolute Gasteiger partial charge is 0.0624 e. The summed E-state index contributed by atoms with van der Waals surface area (Å²) in [6.45, 7) is 10.3. The zero-order valence-corrected chi connectivity index (χ0v) is 13.2. The van der Waals surface area contributed by atoms with Crippen LogP contribution in [-0.2, 0) is 24.1 Å². The Hall–Kier alpha value is -0.870. The molecule has 4 heteroatoms. The van der Waals surface area contributed by atoms with Crippen molar-refractivity contribution in [2.45, 2.75) is 59.0 Å². The molecule has 1 saturated heterocycles. The van der Waals surface area contributed by atoms with Crippen LogP contribution >= 0.6 is 0 Å². The van der Waals surface area contributed by atoms with Crippen molar-refractivity contribution in [3.63, 3.8) is 0 Å². The molecule has 1 aromatic heterocycles. The molecule has 1 aliphatic heterocycles. The standard InChI is InChI=1S/C16H29N3O/c1-4-14-10-15(19(6-3)18-14)11-16(17-5-2)13-8-7-9-20-12-13/h10,13,16-17H,4-9,11-12H2,1-3H3. The average Bonchev–Trinajstić information content (AvgIpc) is 2.90. The summed E-state index contributed by atoms with van der Waals surface area (Å²) in [4.78, 5) is 0. The van der Waals surface area contributed by atoms with Crippen LogP contribution in [0.2, 0.25) is 0 Å². The molecule has 1 N–H and O–H groups in total. The number of hydrogen-bond acceptors (Lipinski definition) is 3. The van der Waals surface area contributed by atoms with E-state index in [1.54, 1.807) is 0 Å². The third-order valence-electron chi connectivity index (χ3n) is 4.24. The highest BCUT2D eigenvalue weighted by Gasteiger charge is 2.25. The minimum Gasteiger partial charge on any atom is -0.381 e. The molecule has 2 rings (SSSR count). The average molecular weight is 279 g/mol. The van der Waals surface area contributed by atoms with Crippen LogP contribution in [0.15, 0.2) is 6.07 Å². The molecule has 1 aromatic rings. The topological polar surface area (TPSA) is 39.1 Å². The largest absolute Gasteiger partial charge is 0.381 e. The third kappa shape index (κ3) is 3.83. The number of likely N-dealkylation sites (N-methyl/N-ethyl adjacent to an activating group) is 1. The molecule has 0 spiro atoms. The van der Waals surface area contributed by atoms with Crippen LogP contribution < -0.4 is 5.32 Å². The highest BCUT2D eigenvalue weighted by molar-refractivity contribution is 5.12. The molecular formula is C16H29N3O. The highest BCUT2D eigenvalue weighted by atomic mass is 16.5. The van der Waals surface area contributed by atoms with E-state index in [2.05, 4.69) is 41.9 Å². The van der Waals surface area contributed by atoms with E-state index in [0.29, 0.717) is 12.0 Å². The normalized spacial score (nSPS) is 21.1. The molecule has 2 heterocycles. The Balaban J connectivity index is 2.08. The van der Waals surface area contributed by atoms with Gasteiger partial charge in [0, 0.05) is 31.3 Å². The van der Waals surface area contributed by atoms with Gasteiger partial charge in [0.05, 0.1) is 12.3 Å². The summed E-state index contributed by atoms with van der Waals surface area (Å²) in [5.74, 6) is 0.633. The van der Waals surface area contributed by atoms with E-state index in [4.69, 9.17) is 4.74 Å². The van der Waals surface area contributed by atoms with Gasteiger partial charge in [0.25, 0.3) is 0 Å². The summed E-state index contributed by atoms with van der Waals surface area (Å²) in [5, 5.41) is 8.32. The van der Waals surface area contributed by atoms with Crippen molar-refractivity contribution in [1.29, 1.82) is 0 Å². The predicted molar refractivity (Wildman–Crippen MR) is 82.0 cm³/mol. The summed E-state index contributed by atoms with van der Waals surface area (Å²) in [6.07, 6.45) is 4.54. The molecule has 0 aromatic carbocycles. The lowest BCUT2D eigenvalue weighted by atomic mass is 9.90. The zero-order valence-electron chi connectivity index (χ0n) is 13.2. The summed E-state index contributed by atoms with van der Waals surface area (Å²) in [5.41, 5.74) is 2.57. The number of aryl methyl sites for hydroxylation is 2. The van der Waals surface area contributed by atoms with Gasteiger partial charge in [0.1, 0.15) is 0 Å². The van der Waals surface area contributed by atoms with Crippen molar-refractivity contribution in [2.75, 3.05) is 19.8 Å². The van der Waals surface area contributed by atoms with Crippen molar-refractivity contribution >= 4 is 0 Å². The summed E-state index contributed by atoms with van der Waals surface area (Å²) >= 11 is 0. The van der Waals surface area contributed by atoms with E-state index in [-0.39, 0.29) is 0 Å². The van der Waals surface area contributed by atoms with Crippen LogP contribution in [0.5, 0.6) is 0 Å². The van der Waals surface area contributed by atoms with E-state index >= 15 is 0 Å². The second kappa shape index (κ2) is 7.79. The highest BCUT2D eigenvalue weighted by Crippen LogP contribution is 2.21. The van der Waals surface area contributed by atoms with Crippen LogP contribution in [0.1, 0.15) is 45.0 Å². The van der Waals surface area contributed by atoms with Gasteiger partial charge in [0.15, 0.2) is 0 Å². The Morgan fingerprint density at radius 2 is 2.30 bits per heavy atom. The fourth-order valence-electron chi connectivity index (χ4n) is 3.10. The molecule has 4 nitrogen and oxygen atoms in total. The first-order valence-corrected chi connectivity index (χ1v) is 8.15. The number of ether oxygens (including phenoxy) is 1. The molecule has 0 bridgehead atoms. The van der Waals surface area contributed by atoms with Gasteiger partial charge < -0.3 is 10.1 Å². The molecule has 0 radical (unpaired) electrons. The monoisotopic (exact) mass is 279 g/mol. The molecule has 1 aliphatic rings. The molecule has 2 unspecified atom stereocenters. The van der Waals surface area contributed by atoms with Crippen molar-refractivity contribution in [3.05, 3.63) is 17.5 Å². The number of nitrogens with zero attached hydrogens (tertiary/aromatic N) is 2. The number of aromatic nitrogens is 2.